The Morgan fingerprint density at radius 2 is 1.56 bits per heavy atom. The molecule has 2 aromatic carbocycles. The molecule has 6 rings (SSSR count). The van der Waals surface area contributed by atoms with Gasteiger partial charge in [-0.2, -0.15) is 10.2 Å². The van der Waals surface area contributed by atoms with Gasteiger partial charge in [0, 0.05) is 43.8 Å². The second-order valence-corrected chi connectivity index (χ2v) is 11.7. The van der Waals surface area contributed by atoms with E-state index in [1.165, 1.54) is 23.5 Å². The summed E-state index contributed by atoms with van der Waals surface area (Å²) in [6, 6.07) is 19.4. The molecule has 5 aromatic rings. The zero-order valence-electron chi connectivity index (χ0n) is 25.3. The Hall–Kier alpha value is -4.68. The van der Waals surface area contributed by atoms with E-state index in [0.717, 1.165) is 49.7 Å². The van der Waals surface area contributed by atoms with Crippen molar-refractivity contribution >= 4 is 23.0 Å². The molecule has 1 saturated heterocycles. The lowest BCUT2D eigenvalue weighted by atomic mass is 10.00. The highest BCUT2D eigenvalue weighted by atomic mass is 35.5. The van der Waals surface area contributed by atoms with Crippen molar-refractivity contribution in [2.75, 3.05) is 42.6 Å². The van der Waals surface area contributed by atoms with E-state index in [0.29, 0.717) is 16.5 Å². The van der Waals surface area contributed by atoms with Crippen molar-refractivity contribution < 1.29 is 9.84 Å². The highest BCUT2D eigenvalue weighted by Gasteiger charge is 2.33. The number of benzene rings is 2. The Bertz CT molecular complexity index is 1730. The minimum atomic E-state index is -1.45. The van der Waals surface area contributed by atoms with Crippen molar-refractivity contribution in [3.05, 3.63) is 107 Å². The fraction of sp³-hybridized carbons (Fsp3) is 0.344. The van der Waals surface area contributed by atoms with Gasteiger partial charge in [0.15, 0.2) is 5.60 Å². The van der Waals surface area contributed by atoms with Crippen molar-refractivity contribution in [2.24, 2.45) is 0 Å². The molecule has 0 amide bonds. The van der Waals surface area contributed by atoms with Gasteiger partial charge in [-0.15, -0.1) is 0 Å². The highest BCUT2D eigenvalue weighted by Crippen LogP contribution is 2.27. The van der Waals surface area contributed by atoms with E-state index < -0.39 is 5.60 Å². The molecule has 45 heavy (non-hydrogen) atoms. The molecule has 13 heteroatoms. The third-order valence-electron chi connectivity index (χ3n) is 8.25. The maximum Gasteiger partial charge on any atom is 0.350 e. The molecule has 2 unspecified atom stereocenters. The second-order valence-electron chi connectivity index (χ2n) is 11.2. The number of anilines is 2. The number of piperazine rings is 1. The molecule has 234 valence electrons. The molecule has 1 fully saturated rings. The second kappa shape index (κ2) is 13.1. The number of pyridine rings is 1. The Morgan fingerprint density at radius 1 is 0.911 bits per heavy atom. The van der Waals surface area contributed by atoms with Gasteiger partial charge in [0.05, 0.1) is 29.0 Å². The number of hydrogen-bond donors (Lipinski definition) is 1. The third kappa shape index (κ3) is 6.71. The van der Waals surface area contributed by atoms with Crippen LogP contribution in [-0.4, -0.2) is 72.0 Å². The number of hydrogen-bond acceptors (Lipinski definition) is 9. The van der Waals surface area contributed by atoms with Crippen molar-refractivity contribution in [1.29, 1.82) is 0 Å². The standard InChI is InChI=1S/C32H36ClN9O3/c1-3-24(2)42-31(43)41(23-37-42)28-7-5-26(6-8-28)38-14-16-39(17-15-38)27-9-11-29(12-10-27)45-20-32(44,19-40-22-34-21-36-40)30-13-4-25(33)18-35-30/h4-13,18,21-24,44H,3,14-17,19-20H2,1-2H3. The Labute approximate surface area is 266 Å². The van der Waals surface area contributed by atoms with E-state index in [9.17, 15) is 9.90 Å². The van der Waals surface area contributed by atoms with Gasteiger partial charge in [-0.1, -0.05) is 18.5 Å². The number of aromatic nitrogens is 7. The van der Waals surface area contributed by atoms with Crippen molar-refractivity contribution in [3.63, 3.8) is 0 Å². The van der Waals surface area contributed by atoms with Crippen LogP contribution < -0.4 is 20.2 Å². The topological polar surface area (TPSA) is 119 Å². The zero-order chi connectivity index (χ0) is 31.4. The average molecular weight is 630 g/mol. The molecule has 0 spiro atoms. The largest absolute Gasteiger partial charge is 0.490 e. The maximum atomic E-state index is 12.8. The number of nitrogens with zero attached hydrogens (tertiary/aromatic N) is 9. The Morgan fingerprint density at radius 3 is 2.13 bits per heavy atom. The Kier molecular flexibility index (Phi) is 8.85. The molecule has 1 aliphatic rings. The van der Waals surface area contributed by atoms with Crippen LogP contribution in [0.3, 0.4) is 0 Å². The smallest absolute Gasteiger partial charge is 0.350 e. The SMILES string of the molecule is CCC(C)n1ncn(-c2ccc(N3CCN(c4ccc(OCC(O)(Cn5cncn5)c5ccc(Cl)cn5)cc4)CC3)cc2)c1=O. The van der Waals surface area contributed by atoms with Gasteiger partial charge in [0.2, 0.25) is 0 Å². The lowest BCUT2D eigenvalue weighted by molar-refractivity contribution is -0.0305. The fourth-order valence-electron chi connectivity index (χ4n) is 5.41. The minimum Gasteiger partial charge on any atom is -0.490 e. The molecular formula is C32H36ClN9O3. The maximum absolute atomic E-state index is 12.8. The molecule has 3 aromatic heterocycles. The number of ether oxygens (including phenoxy) is 1. The lowest BCUT2D eigenvalue weighted by Crippen LogP contribution is -2.46. The van der Waals surface area contributed by atoms with Gasteiger partial charge in [-0.3, -0.25) is 4.98 Å². The molecule has 12 nitrogen and oxygen atoms in total. The zero-order valence-corrected chi connectivity index (χ0v) is 26.0. The van der Waals surface area contributed by atoms with Crippen LogP contribution >= 0.6 is 11.6 Å². The summed E-state index contributed by atoms with van der Waals surface area (Å²) < 4.78 is 10.7. The molecule has 0 radical (unpaired) electrons. The predicted octanol–water partition coefficient (Wildman–Crippen LogP) is 3.94. The van der Waals surface area contributed by atoms with Crippen LogP contribution in [0.1, 0.15) is 32.0 Å². The van der Waals surface area contributed by atoms with Gasteiger partial charge < -0.3 is 19.6 Å². The first-order valence-electron chi connectivity index (χ1n) is 15.0. The van der Waals surface area contributed by atoms with Gasteiger partial charge in [0.25, 0.3) is 0 Å². The molecule has 0 saturated carbocycles. The first-order chi connectivity index (χ1) is 21.8. The van der Waals surface area contributed by atoms with Crippen LogP contribution in [-0.2, 0) is 12.1 Å². The monoisotopic (exact) mass is 629 g/mol. The van der Waals surface area contributed by atoms with Gasteiger partial charge >= 0.3 is 5.69 Å². The number of rotatable bonds is 11. The summed E-state index contributed by atoms with van der Waals surface area (Å²) in [4.78, 5) is 25.8. The summed E-state index contributed by atoms with van der Waals surface area (Å²) in [7, 11) is 0. The third-order valence-corrected chi connectivity index (χ3v) is 8.47. The first-order valence-corrected chi connectivity index (χ1v) is 15.4. The summed E-state index contributed by atoms with van der Waals surface area (Å²) in [5.74, 6) is 0.636. The van der Waals surface area contributed by atoms with Gasteiger partial charge in [-0.25, -0.2) is 23.7 Å². The molecule has 1 N–H and O–H groups in total. The van der Waals surface area contributed by atoms with Crippen molar-refractivity contribution in [2.45, 2.75) is 38.5 Å². The number of halogens is 1. The fourth-order valence-corrected chi connectivity index (χ4v) is 5.52. The summed E-state index contributed by atoms with van der Waals surface area (Å²) in [5, 5.41) is 20.4. The van der Waals surface area contributed by atoms with E-state index in [4.69, 9.17) is 16.3 Å². The van der Waals surface area contributed by atoms with E-state index >= 15 is 0 Å². The molecule has 0 aliphatic carbocycles. The summed E-state index contributed by atoms with van der Waals surface area (Å²) in [6.45, 7) is 7.59. The molecule has 2 atom stereocenters. The van der Waals surface area contributed by atoms with E-state index in [1.807, 2.05) is 50.2 Å². The molecular weight excluding hydrogens is 594 g/mol. The summed E-state index contributed by atoms with van der Waals surface area (Å²) in [5.41, 5.74) is 1.89. The summed E-state index contributed by atoms with van der Waals surface area (Å²) in [6.07, 6.45) is 6.89. The predicted molar refractivity (Wildman–Crippen MR) is 172 cm³/mol. The van der Waals surface area contributed by atoms with Gasteiger partial charge in [0.1, 0.15) is 31.3 Å². The van der Waals surface area contributed by atoms with Gasteiger partial charge in [-0.05, 0) is 74.0 Å². The normalized spacial score (nSPS) is 15.6. The molecule has 1 aliphatic heterocycles. The van der Waals surface area contributed by atoms with Crippen LogP contribution in [0.2, 0.25) is 5.02 Å². The van der Waals surface area contributed by atoms with Crippen LogP contribution in [0.25, 0.3) is 5.69 Å². The van der Waals surface area contributed by atoms with Crippen LogP contribution in [0.4, 0.5) is 11.4 Å². The highest BCUT2D eigenvalue weighted by molar-refractivity contribution is 6.30. The lowest BCUT2D eigenvalue weighted by Gasteiger charge is -2.37. The molecule has 0 bridgehead atoms. The van der Waals surface area contributed by atoms with E-state index in [1.54, 1.807) is 27.7 Å². The van der Waals surface area contributed by atoms with Crippen LogP contribution in [0, 0.1) is 0 Å². The van der Waals surface area contributed by atoms with Crippen LogP contribution in [0.5, 0.6) is 5.75 Å². The minimum absolute atomic E-state index is 0.0346. The average Bonchev–Trinajstić information content (AvgIpc) is 3.73. The Balaban J connectivity index is 1.05. The molecule has 4 heterocycles. The first kappa shape index (κ1) is 30.4. The number of aliphatic hydroxyl groups is 1. The summed E-state index contributed by atoms with van der Waals surface area (Å²) >= 11 is 6.02. The van der Waals surface area contributed by atoms with E-state index in [-0.39, 0.29) is 24.9 Å². The van der Waals surface area contributed by atoms with Crippen molar-refractivity contribution in [1.82, 2.24) is 34.1 Å². The quantitative estimate of drug-likeness (QED) is 0.232. The van der Waals surface area contributed by atoms with E-state index in [2.05, 4.69) is 42.1 Å². The van der Waals surface area contributed by atoms with Crippen molar-refractivity contribution in [3.8, 4) is 11.4 Å². The van der Waals surface area contributed by atoms with Crippen LogP contribution in [0.15, 0.2) is 90.6 Å².